The molecule has 3 heteroatoms. The van der Waals surface area contributed by atoms with Crippen LogP contribution in [0, 0.1) is 5.41 Å². The first-order chi connectivity index (χ1) is 9.56. The topological polar surface area (TPSA) is 29.9 Å². The van der Waals surface area contributed by atoms with Crippen molar-refractivity contribution in [2.45, 2.75) is 84.8 Å². The minimum Gasteiger partial charge on any atom is -0.308 e. The van der Waals surface area contributed by atoms with Gasteiger partial charge in [-0.3, -0.25) is 4.68 Å². The van der Waals surface area contributed by atoms with Crippen LogP contribution in [-0.2, 0) is 6.54 Å². The minimum atomic E-state index is 0.427. The van der Waals surface area contributed by atoms with Gasteiger partial charge in [0.2, 0.25) is 0 Å². The SMILES string of the molecule is CCC(CC)n1ccc(CNC2CCCCC2(C)C)n1. The molecule has 3 nitrogen and oxygen atoms in total. The molecule has 0 amide bonds. The highest BCUT2D eigenvalue weighted by Gasteiger charge is 2.31. The van der Waals surface area contributed by atoms with Gasteiger partial charge in [-0.2, -0.15) is 5.10 Å². The van der Waals surface area contributed by atoms with E-state index >= 15 is 0 Å². The summed E-state index contributed by atoms with van der Waals surface area (Å²) in [6.45, 7) is 10.2. The van der Waals surface area contributed by atoms with Crippen LogP contribution in [0.5, 0.6) is 0 Å². The highest BCUT2D eigenvalue weighted by Crippen LogP contribution is 2.35. The van der Waals surface area contributed by atoms with Crippen LogP contribution in [0.4, 0.5) is 0 Å². The Morgan fingerprint density at radius 1 is 1.35 bits per heavy atom. The maximum absolute atomic E-state index is 4.74. The highest BCUT2D eigenvalue weighted by molar-refractivity contribution is 5.01. The molecule has 0 aromatic carbocycles. The predicted octanol–water partition coefficient (Wildman–Crippen LogP) is 4.30. The van der Waals surface area contributed by atoms with Crippen LogP contribution in [0.15, 0.2) is 12.3 Å². The van der Waals surface area contributed by atoms with E-state index in [1.807, 2.05) is 0 Å². The van der Waals surface area contributed by atoms with Gasteiger partial charge in [-0.25, -0.2) is 0 Å². The van der Waals surface area contributed by atoms with E-state index in [4.69, 9.17) is 5.10 Å². The summed E-state index contributed by atoms with van der Waals surface area (Å²) < 4.78 is 2.14. The first-order valence-electron chi connectivity index (χ1n) is 8.34. The van der Waals surface area contributed by atoms with E-state index in [0.717, 1.165) is 19.4 Å². The van der Waals surface area contributed by atoms with Crippen LogP contribution < -0.4 is 5.32 Å². The van der Waals surface area contributed by atoms with Crippen LogP contribution in [0.2, 0.25) is 0 Å². The lowest BCUT2D eigenvalue weighted by Crippen LogP contribution is -2.43. The molecule has 1 saturated carbocycles. The molecule has 1 aliphatic rings. The van der Waals surface area contributed by atoms with Crippen molar-refractivity contribution < 1.29 is 0 Å². The number of nitrogens with one attached hydrogen (secondary N) is 1. The Labute approximate surface area is 124 Å². The zero-order valence-electron chi connectivity index (χ0n) is 13.7. The molecule has 1 aliphatic carbocycles. The lowest BCUT2D eigenvalue weighted by molar-refractivity contribution is 0.166. The maximum atomic E-state index is 4.74. The molecule has 1 unspecified atom stereocenters. The number of hydrogen-bond acceptors (Lipinski definition) is 2. The van der Waals surface area contributed by atoms with E-state index in [-0.39, 0.29) is 0 Å². The summed E-state index contributed by atoms with van der Waals surface area (Å²) in [5.41, 5.74) is 1.61. The molecule has 114 valence electrons. The zero-order chi connectivity index (χ0) is 14.6. The van der Waals surface area contributed by atoms with Crippen molar-refractivity contribution in [3.05, 3.63) is 18.0 Å². The lowest BCUT2D eigenvalue weighted by atomic mass is 9.73. The summed E-state index contributed by atoms with van der Waals surface area (Å²) in [6.07, 6.45) is 9.84. The zero-order valence-corrected chi connectivity index (χ0v) is 13.7. The fourth-order valence-electron chi connectivity index (χ4n) is 3.44. The largest absolute Gasteiger partial charge is 0.308 e. The quantitative estimate of drug-likeness (QED) is 0.840. The number of rotatable bonds is 6. The van der Waals surface area contributed by atoms with Crippen molar-refractivity contribution in [3.63, 3.8) is 0 Å². The third-order valence-electron chi connectivity index (χ3n) is 5.02. The smallest absolute Gasteiger partial charge is 0.0762 e. The molecule has 0 aliphatic heterocycles. The third-order valence-corrected chi connectivity index (χ3v) is 5.02. The molecule has 1 fully saturated rings. The Morgan fingerprint density at radius 3 is 2.75 bits per heavy atom. The third kappa shape index (κ3) is 3.63. The van der Waals surface area contributed by atoms with Crippen LogP contribution in [0.3, 0.4) is 0 Å². The molecule has 20 heavy (non-hydrogen) atoms. The van der Waals surface area contributed by atoms with Gasteiger partial charge in [-0.15, -0.1) is 0 Å². The van der Waals surface area contributed by atoms with E-state index < -0.39 is 0 Å². The van der Waals surface area contributed by atoms with Gasteiger partial charge in [0.1, 0.15) is 0 Å². The minimum absolute atomic E-state index is 0.427. The van der Waals surface area contributed by atoms with Crippen LogP contribution in [-0.4, -0.2) is 15.8 Å². The second-order valence-corrected chi connectivity index (χ2v) is 6.93. The van der Waals surface area contributed by atoms with Gasteiger partial charge >= 0.3 is 0 Å². The molecule has 1 atom stereocenters. The maximum Gasteiger partial charge on any atom is 0.0762 e. The summed E-state index contributed by atoms with van der Waals surface area (Å²) in [4.78, 5) is 0. The normalized spacial score (nSPS) is 22.4. The summed E-state index contributed by atoms with van der Waals surface area (Å²) >= 11 is 0. The summed E-state index contributed by atoms with van der Waals surface area (Å²) in [5.74, 6) is 0. The van der Waals surface area contributed by atoms with Crippen molar-refractivity contribution in [2.75, 3.05) is 0 Å². The van der Waals surface area contributed by atoms with Crippen molar-refractivity contribution in [2.24, 2.45) is 5.41 Å². The molecule has 0 radical (unpaired) electrons. The van der Waals surface area contributed by atoms with Gasteiger partial charge in [0.25, 0.3) is 0 Å². The fourth-order valence-corrected chi connectivity index (χ4v) is 3.44. The molecule has 0 saturated heterocycles. The molecule has 1 aromatic heterocycles. The van der Waals surface area contributed by atoms with E-state index in [9.17, 15) is 0 Å². The average Bonchev–Trinajstić information content (AvgIpc) is 2.87. The first kappa shape index (κ1) is 15.6. The van der Waals surface area contributed by atoms with Crippen LogP contribution in [0.1, 0.15) is 78.0 Å². The second kappa shape index (κ2) is 6.75. The molecular weight excluding hydrogens is 246 g/mol. The van der Waals surface area contributed by atoms with Gasteiger partial charge in [0.15, 0.2) is 0 Å². The first-order valence-corrected chi connectivity index (χ1v) is 8.34. The van der Waals surface area contributed by atoms with Gasteiger partial charge in [-0.1, -0.05) is 40.5 Å². The number of aromatic nitrogens is 2. The Balaban J connectivity index is 1.91. The van der Waals surface area contributed by atoms with E-state index in [2.05, 4.69) is 50.0 Å². The van der Waals surface area contributed by atoms with Crippen molar-refractivity contribution >= 4 is 0 Å². The van der Waals surface area contributed by atoms with Crippen molar-refractivity contribution in [1.29, 1.82) is 0 Å². The Kier molecular flexibility index (Phi) is 5.25. The molecule has 1 N–H and O–H groups in total. The van der Waals surface area contributed by atoms with Crippen LogP contribution >= 0.6 is 0 Å². The average molecular weight is 277 g/mol. The molecule has 2 rings (SSSR count). The number of hydrogen-bond donors (Lipinski definition) is 1. The Hall–Kier alpha value is -0.830. The fraction of sp³-hybridized carbons (Fsp3) is 0.824. The Bertz CT molecular complexity index is 404. The monoisotopic (exact) mass is 277 g/mol. The Morgan fingerprint density at radius 2 is 2.10 bits per heavy atom. The van der Waals surface area contributed by atoms with Crippen molar-refractivity contribution in [3.8, 4) is 0 Å². The van der Waals surface area contributed by atoms with Gasteiger partial charge < -0.3 is 5.32 Å². The predicted molar refractivity (Wildman–Crippen MR) is 84.7 cm³/mol. The molecule has 0 bridgehead atoms. The van der Waals surface area contributed by atoms with E-state index in [1.165, 1.54) is 31.4 Å². The highest BCUT2D eigenvalue weighted by atomic mass is 15.3. The van der Waals surface area contributed by atoms with Gasteiger partial charge in [0, 0.05) is 18.8 Å². The van der Waals surface area contributed by atoms with E-state index in [0.29, 0.717) is 17.5 Å². The molecule has 0 spiro atoms. The summed E-state index contributed by atoms with van der Waals surface area (Å²) in [6, 6.07) is 3.35. The molecule has 1 aromatic rings. The lowest BCUT2D eigenvalue weighted by Gasteiger charge is -2.39. The molecule has 1 heterocycles. The van der Waals surface area contributed by atoms with Gasteiger partial charge in [-0.05, 0) is 37.2 Å². The summed E-state index contributed by atoms with van der Waals surface area (Å²) in [7, 11) is 0. The van der Waals surface area contributed by atoms with E-state index in [1.54, 1.807) is 0 Å². The number of nitrogens with zero attached hydrogens (tertiary/aromatic N) is 2. The standard InChI is InChI=1S/C17H31N3/c1-5-15(6-2)20-12-10-14(19-20)13-18-16-9-7-8-11-17(16,3)4/h10,12,15-16,18H,5-9,11,13H2,1-4H3. The van der Waals surface area contributed by atoms with Crippen LogP contribution in [0.25, 0.3) is 0 Å². The van der Waals surface area contributed by atoms with Crippen molar-refractivity contribution in [1.82, 2.24) is 15.1 Å². The van der Waals surface area contributed by atoms with Gasteiger partial charge in [0.05, 0.1) is 11.7 Å². The molecular formula is C17H31N3. The summed E-state index contributed by atoms with van der Waals surface area (Å²) in [5, 5.41) is 8.48. The second-order valence-electron chi connectivity index (χ2n) is 6.93.